The van der Waals surface area contributed by atoms with Crippen molar-refractivity contribution < 1.29 is 19.0 Å². The molecule has 6 heteroatoms. The first-order valence-electron chi connectivity index (χ1n) is 5.97. The zero-order valence-electron chi connectivity index (χ0n) is 11.3. The molecule has 106 valence electrons. The van der Waals surface area contributed by atoms with Crippen LogP contribution in [-0.2, 0) is 16.0 Å². The zero-order valence-corrected chi connectivity index (χ0v) is 11.3. The van der Waals surface area contributed by atoms with Crippen LogP contribution < -0.4 is 15.4 Å². The molecule has 0 heterocycles. The summed E-state index contributed by atoms with van der Waals surface area (Å²) in [5.41, 5.74) is 0.997. The van der Waals surface area contributed by atoms with E-state index in [1.54, 1.807) is 14.2 Å². The first-order valence-corrected chi connectivity index (χ1v) is 5.97. The second-order valence-electron chi connectivity index (χ2n) is 3.75. The molecule has 0 aliphatic carbocycles. The van der Waals surface area contributed by atoms with Crippen molar-refractivity contribution in [3.05, 3.63) is 29.8 Å². The first kappa shape index (κ1) is 15.3. The molecule has 0 atom stereocenters. The van der Waals surface area contributed by atoms with E-state index in [-0.39, 0.29) is 12.8 Å². The molecule has 19 heavy (non-hydrogen) atoms. The highest BCUT2D eigenvalue weighted by Crippen LogP contribution is 2.10. The molecule has 0 bridgehead atoms. The fraction of sp³-hybridized carbons (Fsp3) is 0.462. The quantitative estimate of drug-likeness (QED) is 0.547. The highest BCUT2D eigenvalue weighted by Gasteiger charge is 2.00. The van der Waals surface area contributed by atoms with Gasteiger partial charge in [-0.3, -0.25) is 0 Å². The van der Waals surface area contributed by atoms with Crippen molar-refractivity contribution in [3.63, 3.8) is 0 Å². The molecule has 0 spiro atoms. The Bertz CT molecular complexity index is 367. The minimum absolute atomic E-state index is 0.164. The van der Waals surface area contributed by atoms with Crippen molar-refractivity contribution in [1.29, 1.82) is 0 Å². The SMILES string of the molecule is COCCOCNC(=O)NCc1ccc(OC)cc1. The minimum atomic E-state index is -0.270. The zero-order chi connectivity index (χ0) is 13.9. The summed E-state index contributed by atoms with van der Waals surface area (Å²) in [5.74, 6) is 0.791. The van der Waals surface area contributed by atoms with Crippen molar-refractivity contribution in [2.24, 2.45) is 0 Å². The molecule has 0 radical (unpaired) electrons. The molecule has 0 aliphatic heterocycles. The summed E-state index contributed by atoms with van der Waals surface area (Å²) < 4.78 is 15.0. The van der Waals surface area contributed by atoms with Gasteiger partial charge in [0, 0.05) is 13.7 Å². The summed E-state index contributed by atoms with van der Waals surface area (Å²) in [7, 11) is 3.21. The van der Waals surface area contributed by atoms with Gasteiger partial charge in [0.1, 0.15) is 12.5 Å². The number of nitrogens with one attached hydrogen (secondary N) is 2. The van der Waals surface area contributed by atoms with E-state index in [0.29, 0.717) is 19.8 Å². The van der Waals surface area contributed by atoms with Gasteiger partial charge in [0.05, 0.1) is 20.3 Å². The van der Waals surface area contributed by atoms with Crippen LogP contribution in [0.3, 0.4) is 0 Å². The summed E-state index contributed by atoms with van der Waals surface area (Å²) >= 11 is 0. The van der Waals surface area contributed by atoms with Crippen LogP contribution in [0.1, 0.15) is 5.56 Å². The fourth-order valence-electron chi connectivity index (χ4n) is 1.32. The minimum Gasteiger partial charge on any atom is -0.497 e. The molecule has 0 aromatic heterocycles. The van der Waals surface area contributed by atoms with E-state index in [9.17, 15) is 4.79 Å². The van der Waals surface area contributed by atoms with Crippen LogP contribution in [-0.4, -0.2) is 40.2 Å². The van der Waals surface area contributed by atoms with E-state index >= 15 is 0 Å². The van der Waals surface area contributed by atoms with Crippen molar-refractivity contribution in [2.45, 2.75) is 6.54 Å². The van der Waals surface area contributed by atoms with Crippen LogP contribution in [0.15, 0.2) is 24.3 Å². The van der Waals surface area contributed by atoms with Gasteiger partial charge in [-0.15, -0.1) is 0 Å². The molecule has 1 aromatic carbocycles. The molecule has 0 saturated heterocycles. The molecule has 1 aromatic rings. The molecular weight excluding hydrogens is 248 g/mol. The van der Waals surface area contributed by atoms with Gasteiger partial charge in [-0.1, -0.05) is 12.1 Å². The van der Waals surface area contributed by atoms with Crippen LogP contribution in [0, 0.1) is 0 Å². The molecule has 1 rings (SSSR count). The lowest BCUT2D eigenvalue weighted by Gasteiger charge is -2.08. The normalized spacial score (nSPS) is 10.0. The Kier molecular flexibility index (Phi) is 7.38. The van der Waals surface area contributed by atoms with Gasteiger partial charge >= 0.3 is 6.03 Å². The van der Waals surface area contributed by atoms with Gasteiger partial charge in [-0.25, -0.2) is 4.79 Å². The Morgan fingerprint density at radius 2 is 1.84 bits per heavy atom. The third kappa shape index (κ3) is 6.64. The molecule has 2 amide bonds. The maximum absolute atomic E-state index is 11.4. The molecule has 6 nitrogen and oxygen atoms in total. The Morgan fingerprint density at radius 3 is 2.47 bits per heavy atom. The molecule has 0 saturated carbocycles. The molecule has 0 aliphatic rings. The summed E-state index contributed by atoms with van der Waals surface area (Å²) in [6.45, 7) is 1.58. The van der Waals surface area contributed by atoms with Crippen molar-refractivity contribution in [3.8, 4) is 5.75 Å². The number of carbonyl (C=O) groups excluding carboxylic acids is 1. The predicted molar refractivity (Wildman–Crippen MR) is 71.1 cm³/mol. The van der Waals surface area contributed by atoms with E-state index in [1.165, 1.54) is 0 Å². The topological polar surface area (TPSA) is 68.8 Å². The van der Waals surface area contributed by atoms with Gasteiger partial charge in [-0.05, 0) is 17.7 Å². The summed E-state index contributed by atoms with van der Waals surface area (Å²) in [5, 5.41) is 5.31. The number of hydrogen-bond acceptors (Lipinski definition) is 4. The average Bonchev–Trinajstić information content (AvgIpc) is 2.45. The van der Waals surface area contributed by atoms with E-state index in [1.807, 2.05) is 24.3 Å². The first-order chi connectivity index (χ1) is 9.26. The monoisotopic (exact) mass is 268 g/mol. The number of amides is 2. The van der Waals surface area contributed by atoms with Crippen molar-refractivity contribution in [1.82, 2.24) is 10.6 Å². The Balaban J connectivity index is 2.15. The third-order valence-corrected chi connectivity index (χ3v) is 2.38. The summed E-state index contributed by atoms with van der Waals surface area (Å²) in [6, 6.07) is 7.22. The lowest BCUT2D eigenvalue weighted by molar-refractivity contribution is 0.0642. The molecule has 0 fully saturated rings. The lowest BCUT2D eigenvalue weighted by atomic mass is 10.2. The smallest absolute Gasteiger partial charge is 0.316 e. The number of urea groups is 1. The molecule has 2 N–H and O–H groups in total. The number of ether oxygens (including phenoxy) is 3. The van der Waals surface area contributed by atoms with Crippen LogP contribution in [0.5, 0.6) is 5.75 Å². The highest BCUT2D eigenvalue weighted by atomic mass is 16.5. The van der Waals surface area contributed by atoms with Crippen LogP contribution >= 0.6 is 0 Å². The fourth-order valence-corrected chi connectivity index (χ4v) is 1.32. The number of hydrogen-bond donors (Lipinski definition) is 2. The van der Waals surface area contributed by atoms with Crippen molar-refractivity contribution in [2.75, 3.05) is 34.2 Å². The van der Waals surface area contributed by atoms with E-state index < -0.39 is 0 Å². The van der Waals surface area contributed by atoms with Gasteiger partial charge in [0.15, 0.2) is 0 Å². The predicted octanol–water partition coefficient (Wildman–Crippen LogP) is 1.11. The number of rotatable bonds is 8. The van der Waals surface area contributed by atoms with Crippen LogP contribution in [0.25, 0.3) is 0 Å². The van der Waals surface area contributed by atoms with Crippen molar-refractivity contribution >= 4 is 6.03 Å². The second kappa shape index (κ2) is 9.18. The lowest BCUT2D eigenvalue weighted by Crippen LogP contribution is -2.36. The van der Waals surface area contributed by atoms with Gasteiger partial charge < -0.3 is 24.8 Å². The maximum Gasteiger partial charge on any atom is 0.316 e. The average molecular weight is 268 g/mol. The maximum atomic E-state index is 11.4. The second-order valence-corrected chi connectivity index (χ2v) is 3.75. The summed E-state index contributed by atoms with van der Waals surface area (Å²) in [4.78, 5) is 11.4. The summed E-state index contributed by atoms with van der Waals surface area (Å²) in [6.07, 6.45) is 0. The van der Waals surface area contributed by atoms with Crippen LogP contribution in [0.4, 0.5) is 4.79 Å². The Labute approximate surface area is 113 Å². The number of benzene rings is 1. The number of methoxy groups -OCH3 is 2. The standard InChI is InChI=1S/C13H20N2O4/c1-17-7-8-19-10-15-13(16)14-9-11-3-5-12(18-2)6-4-11/h3-6H,7-10H2,1-2H3,(H2,14,15,16). The largest absolute Gasteiger partial charge is 0.497 e. The van der Waals surface area contributed by atoms with E-state index in [0.717, 1.165) is 11.3 Å². The Morgan fingerprint density at radius 1 is 1.11 bits per heavy atom. The molecular formula is C13H20N2O4. The molecule has 0 unspecified atom stereocenters. The van der Waals surface area contributed by atoms with Gasteiger partial charge in [0.2, 0.25) is 0 Å². The van der Waals surface area contributed by atoms with Crippen LogP contribution in [0.2, 0.25) is 0 Å². The van der Waals surface area contributed by atoms with E-state index in [4.69, 9.17) is 14.2 Å². The van der Waals surface area contributed by atoms with Gasteiger partial charge in [-0.2, -0.15) is 0 Å². The Hall–Kier alpha value is -1.79. The highest BCUT2D eigenvalue weighted by molar-refractivity contribution is 5.73. The number of carbonyl (C=O) groups is 1. The van der Waals surface area contributed by atoms with E-state index in [2.05, 4.69) is 10.6 Å². The third-order valence-electron chi connectivity index (χ3n) is 2.38. The van der Waals surface area contributed by atoms with Gasteiger partial charge in [0.25, 0.3) is 0 Å².